The summed E-state index contributed by atoms with van der Waals surface area (Å²) in [4.78, 5) is 19.2. The molecule has 1 saturated heterocycles. The van der Waals surface area contributed by atoms with Crippen LogP contribution in [0.25, 0.3) is 0 Å². The van der Waals surface area contributed by atoms with Gasteiger partial charge in [-0.3, -0.25) is 14.5 Å². The van der Waals surface area contributed by atoms with Crippen LogP contribution in [0.1, 0.15) is 31.1 Å². The summed E-state index contributed by atoms with van der Waals surface area (Å²) in [6, 6.07) is 10.7. The number of furan rings is 1. The highest BCUT2D eigenvalue weighted by Crippen LogP contribution is 2.28. The first kappa shape index (κ1) is 26.0. The third-order valence-electron chi connectivity index (χ3n) is 4.67. The molecule has 0 aliphatic carbocycles. The van der Waals surface area contributed by atoms with E-state index in [2.05, 4.69) is 22.3 Å². The normalized spacial score (nSPS) is 13.7. The number of nitrogens with zero attached hydrogens (tertiary/aromatic N) is 1. The Morgan fingerprint density at radius 3 is 2.39 bits per heavy atom. The molecule has 2 heterocycles. The molecule has 1 aromatic carbocycles. The molecule has 3 N–H and O–H groups in total. The van der Waals surface area contributed by atoms with Gasteiger partial charge in [-0.15, -0.1) is 0 Å². The topological polar surface area (TPSA) is 121 Å². The molecule has 1 fully saturated rings. The Morgan fingerprint density at radius 1 is 1.16 bits per heavy atom. The molecule has 0 unspecified atom stereocenters. The van der Waals surface area contributed by atoms with E-state index in [9.17, 15) is 0 Å². The molecule has 0 saturated carbocycles. The average molecular weight is 437 g/mol. The van der Waals surface area contributed by atoms with E-state index in [1.807, 2.05) is 25.1 Å². The molecule has 3 rings (SSSR count). The molecule has 9 nitrogen and oxygen atoms in total. The van der Waals surface area contributed by atoms with Gasteiger partial charge in [0.2, 0.25) is 0 Å². The third kappa shape index (κ3) is 10.0. The van der Waals surface area contributed by atoms with Gasteiger partial charge in [0.05, 0.1) is 26.5 Å². The number of methoxy groups -OCH3 is 1. The molecule has 31 heavy (non-hydrogen) atoms. The fraction of sp³-hybridized carbons (Fsp3) is 0.455. The summed E-state index contributed by atoms with van der Waals surface area (Å²) in [6.07, 6.45) is 4.07. The minimum Gasteiger partial charge on any atom is -0.493 e. The minimum atomic E-state index is -0.250. The maximum atomic E-state index is 8.36. The zero-order valence-electron chi connectivity index (χ0n) is 18.0. The van der Waals surface area contributed by atoms with Crippen LogP contribution in [0.4, 0.5) is 0 Å². The maximum absolute atomic E-state index is 8.36. The Bertz CT molecular complexity index is 723. The number of benzene rings is 1. The standard InChI is InChI=1S/C20H28N2O3.2CH2O2/c1-3-24-20-13-16(6-7-19(20)23-2)14-21-17-8-10-22(11-9-17)15-18-5-4-12-25-18;2*2-1-3/h4-7,12-13,17,21H,3,8-11,14-15H2,1-2H3;2*1H,(H,2,3). The lowest BCUT2D eigenvalue weighted by Crippen LogP contribution is -2.41. The molecule has 9 heteroatoms. The van der Waals surface area contributed by atoms with Gasteiger partial charge < -0.3 is 29.4 Å². The van der Waals surface area contributed by atoms with E-state index in [0.717, 1.165) is 56.3 Å². The Kier molecular flexibility index (Phi) is 13.2. The van der Waals surface area contributed by atoms with Crippen molar-refractivity contribution < 1.29 is 33.7 Å². The lowest BCUT2D eigenvalue weighted by Gasteiger charge is -2.32. The zero-order chi connectivity index (χ0) is 22.9. The number of hydrogen-bond acceptors (Lipinski definition) is 7. The van der Waals surface area contributed by atoms with Crippen molar-refractivity contribution in [1.82, 2.24) is 10.2 Å². The van der Waals surface area contributed by atoms with Crippen LogP contribution in [-0.2, 0) is 22.7 Å². The largest absolute Gasteiger partial charge is 0.493 e. The first-order valence-electron chi connectivity index (χ1n) is 10.0. The summed E-state index contributed by atoms with van der Waals surface area (Å²) in [5.74, 6) is 2.66. The van der Waals surface area contributed by atoms with Crippen molar-refractivity contribution in [1.29, 1.82) is 0 Å². The molecule has 1 aliphatic heterocycles. The van der Waals surface area contributed by atoms with Crippen LogP contribution in [0.2, 0.25) is 0 Å². The first-order valence-corrected chi connectivity index (χ1v) is 10.0. The van der Waals surface area contributed by atoms with Gasteiger partial charge in [-0.05, 0) is 49.6 Å². The van der Waals surface area contributed by atoms with E-state index in [-0.39, 0.29) is 12.9 Å². The van der Waals surface area contributed by atoms with Gasteiger partial charge in [0.1, 0.15) is 5.76 Å². The van der Waals surface area contributed by atoms with E-state index >= 15 is 0 Å². The van der Waals surface area contributed by atoms with Crippen molar-refractivity contribution in [2.45, 2.75) is 38.9 Å². The predicted molar refractivity (Wildman–Crippen MR) is 115 cm³/mol. The molecule has 0 amide bonds. The van der Waals surface area contributed by atoms with Gasteiger partial charge in [-0.2, -0.15) is 0 Å². The molecule has 1 aromatic heterocycles. The van der Waals surface area contributed by atoms with Crippen molar-refractivity contribution in [2.75, 3.05) is 26.8 Å². The van der Waals surface area contributed by atoms with Crippen LogP contribution in [0.15, 0.2) is 41.0 Å². The van der Waals surface area contributed by atoms with Crippen LogP contribution in [0.3, 0.4) is 0 Å². The molecule has 1 aliphatic rings. The predicted octanol–water partition coefficient (Wildman–Crippen LogP) is 2.84. The number of carboxylic acid groups (broad SMARTS) is 2. The fourth-order valence-corrected chi connectivity index (χ4v) is 3.28. The highest BCUT2D eigenvalue weighted by atomic mass is 16.5. The quantitative estimate of drug-likeness (QED) is 0.536. The Balaban J connectivity index is 0.000000720. The Labute approximate surface area is 182 Å². The first-order chi connectivity index (χ1) is 15.1. The summed E-state index contributed by atoms with van der Waals surface area (Å²) in [5.41, 5.74) is 1.22. The SMILES string of the molecule is CCOc1cc(CNC2CCN(Cc3ccco3)CC2)ccc1OC.O=CO.O=CO. The summed E-state index contributed by atoms with van der Waals surface area (Å²) in [5, 5.41) is 17.5. The second-order valence-corrected chi connectivity index (χ2v) is 6.64. The highest BCUT2D eigenvalue weighted by Gasteiger charge is 2.19. The van der Waals surface area contributed by atoms with Crippen LogP contribution < -0.4 is 14.8 Å². The van der Waals surface area contributed by atoms with Gasteiger partial charge >= 0.3 is 0 Å². The molecule has 2 aromatic rings. The minimum absolute atomic E-state index is 0.250. The van der Waals surface area contributed by atoms with Crippen molar-refractivity contribution in [3.63, 3.8) is 0 Å². The van der Waals surface area contributed by atoms with Gasteiger partial charge in [0.25, 0.3) is 12.9 Å². The van der Waals surface area contributed by atoms with Crippen LogP contribution in [0, 0.1) is 0 Å². The highest BCUT2D eigenvalue weighted by molar-refractivity contribution is 5.43. The van der Waals surface area contributed by atoms with Crippen molar-refractivity contribution in [3.8, 4) is 11.5 Å². The van der Waals surface area contributed by atoms with Crippen molar-refractivity contribution in [3.05, 3.63) is 47.9 Å². The average Bonchev–Trinajstić information content (AvgIpc) is 3.28. The van der Waals surface area contributed by atoms with Gasteiger partial charge in [0, 0.05) is 25.7 Å². The Morgan fingerprint density at radius 2 is 1.84 bits per heavy atom. The molecular weight excluding hydrogens is 404 g/mol. The van der Waals surface area contributed by atoms with Crippen LogP contribution >= 0.6 is 0 Å². The summed E-state index contributed by atoms with van der Waals surface area (Å²) in [6.45, 7) is 6.10. The molecular formula is C22H32N2O7. The second kappa shape index (κ2) is 15.8. The number of rotatable bonds is 8. The van der Waals surface area contributed by atoms with E-state index in [1.165, 1.54) is 5.56 Å². The Hall–Kier alpha value is -3.04. The fourth-order valence-electron chi connectivity index (χ4n) is 3.28. The lowest BCUT2D eigenvalue weighted by molar-refractivity contribution is -0.123. The van der Waals surface area contributed by atoms with E-state index in [4.69, 9.17) is 33.7 Å². The van der Waals surface area contributed by atoms with Crippen LogP contribution in [-0.4, -0.2) is 60.9 Å². The monoisotopic (exact) mass is 436 g/mol. The van der Waals surface area contributed by atoms with E-state index in [1.54, 1.807) is 13.4 Å². The zero-order valence-corrected chi connectivity index (χ0v) is 18.0. The second-order valence-electron chi connectivity index (χ2n) is 6.64. The number of carbonyl (C=O) groups is 2. The van der Waals surface area contributed by atoms with Gasteiger partial charge in [-0.25, -0.2) is 0 Å². The molecule has 0 radical (unpaired) electrons. The number of likely N-dealkylation sites (tertiary alicyclic amines) is 1. The van der Waals surface area contributed by atoms with Crippen LogP contribution in [0.5, 0.6) is 11.5 Å². The molecule has 172 valence electrons. The van der Waals surface area contributed by atoms with Gasteiger partial charge in [-0.1, -0.05) is 6.07 Å². The summed E-state index contributed by atoms with van der Waals surface area (Å²) in [7, 11) is 1.67. The number of hydrogen-bond donors (Lipinski definition) is 3. The molecule has 0 spiro atoms. The summed E-state index contributed by atoms with van der Waals surface area (Å²) < 4.78 is 16.4. The van der Waals surface area contributed by atoms with E-state index in [0.29, 0.717) is 12.6 Å². The maximum Gasteiger partial charge on any atom is 0.290 e. The lowest BCUT2D eigenvalue weighted by atomic mass is 10.0. The van der Waals surface area contributed by atoms with Gasteiger partial charge in [0.15, 0.2) is 11.5 Å². The third-order valence-corrected chi connectivity index (χ3v) is 4.67. The van der Waals surface area contributed by atoms with E-state index < -0.39 is 0 Å². The van der Waals surface area contributed by atoms with Crippen molar-refractivity contribution >= 4 is 12.9 Å². The number of nitrogens with one attached hydrogen (secondary N) is 1. The number of ether oxygens (including phenoxy) is 2. The smallest absolute Gasteiger partial charge is 0.290 e. The number of piperidine rings is 1. The summed E-state index contributed by atoms with van der Waals surface area (Å²) >= 11 is 0. The van der Waals surface area contributed by atoms with Crippen molar-refractivity contribution in [2.24, 2.45) is 0 Å². The molecule has 0 bridgehead atoms. The molecule has 0 atom stereocenters.